The second-order valence-corrected chi connectivity index (χ2v) is 15.2. The van der Waals surface area contributed by atoms with Crippen molar-refractivity contribution in [2.24, 2.45) is 11.8 Å². The minimum Gasteiger partial charge on any atom is -0.391 e. The Balaban J connectivity index is 0.984. The lowest BCUT2D eigenvalue weighted by Crippen LogP contribution is -2.47. The Hall–Kier alpha value is -3.94. The van der Waals surface area contributed by atoms with E-state index in [-0.39, 0.29) is 18.5 Å². The second-order valence-electron chi connectivity index (χ2n) is 15.2. The van der Waals surface area contributed by atoms with Crippen LogP contribution in [0.3, 0.4) is 0 Å². The number of hydrogen-bond acceptors (Lipinski definition) is 8. The number of ether oxygens (including phenoxy) is 1. The highest BCUT2D eigenvalue weighted by atomic mass is 19.1. The van der Waals surface area contributed by atoms with Crippen molar-refractivity contribution in [1.29, 1.82) is 0 Å². The summed E-state index contributed by atoms with van der Waals surface area (Å²) in [7, 11) is 0. The quantitative estimate of drug-likeness (QED) is 0.161. The zero-order valence-corrected chi connectivity index (χ0v) is 30.7. The highest BCUT2D eigenvalue weighted by molar-refractivity contribution is 5.97. The van der Waals surface area contributed by atoms with Gasteiger partial charge in [0, 0.05) is 80.6 Å². The van der Waals surface area contributed by atoms with Gasteiger partial charge in [0.05, 0.1) is 24.5 Å². The van der Waals surface area contributed by atoms with Gasteiger partial charge in [-0.25, -0.2) is 19.2 Å². The van der Waals surface area contributed by atoms with E-state index in [0.717, 1.165) is 94.9 Å². The predicted molar refractivity (Wildman–Crippen MR) is 203 cm³/mol. The van der Waals surface area contributed by atoms with Crippen LogP contribution in [0, 0.1) is 24.6 Å². The number of β-amino-alcohol motifs (C(OH)–C–C–N with tert-alkyl or cyclic N) is 1. The van der Waals surface area contributed by atoms with Crippen LogP contribution in [0.5, 0.6) is 0 Å². The first-order chi connectivity index (χ1) is 25.2. The van der Waals surface area contributed by atoms with Gasteiger partial charge < -0.3 is 30.4 Å². The number of anilines is 1. The van der Waals surface area contributed by atoms with Crippen molar-refractivity contribution in [2.45, 2.75) is 58.8 Å². The van der Waals surface area contributed by atoms with Crippen LogP contribution in [0.15, 0.2) is 48.8 Å². The number of nitrogens with zero attached hydrogens (tertiary/aromatic N) is 5. The standard InChI is InChI=1S/C40H53FN8O3/c1-26(2)18-30-23-49(24-37(30)50)40(51)46-35-20-31(41)19-33(27(35)3)38-34-21-36(45-39(34)44-25-43-38)29-6-4-28(5-7-29)22-48-14-12-47(13-15-48)16-17-52-32-8-10-42-11-9-32/h4-7,19-21,25-26,30,32,37,42,50H,8-18,22-24H2,1-3H3,(H,46,51)(H,43,44,45). The van der Waals surface area contributed by atoms with Crippen LogP contribution in [-0.2, 0) is 11.3 Å². The average molecular weight is 713 g/mol. The number of piperidine rings is 1. The Labute approximate surface area is 306 Å². The Bertz CT molecular complexity index is 1820. The van der Waals surface area contributed by atoms with Gasteiger partial charge >= 0.3 is 6.03 Å². The Morgan fingerprint density at radius 3 is 2.54 bits per heavy atom. The van der Waals surface area contributed by atoms with E-state index in [1.165, 1.54) is 24.0 Å². The molecule has 52 heavy (non-hydrogen) atoms. The van der Waals surface area contributed by atoms with Gasteiger partial charge in [-0.2, -0.15) is 0 Å². The fourth-order valence-corrected chi connectivity index (χ4v) is 7.95. The van der Waals surface area contributed by atoms with Gasteiger partial charge in [0.25, 0.3) is 0 Å². The molecule has 0 aliphatic carbocycles. The molecule has 0 saturated carbocycles. The van der Waals surface area contributed by atoms with E-state index in [1.807, 2.05) is 13.0 Å². The third-order valence-corrected chi connectivity index (χ3v) is 10.9. The lowest BCUT2D eigenvalue weighted by molar-refractivity contribution is 0.0123. The van der Waals surface area contributed by atoms with Gasteiger partial charge in [0.2, 0.25) is 0 Å². The van der Waals surface area contributed by atoms with Crippen LogP contribution in [0.2, 0.25) is 0 Å². The first kappa shape index (κ1) is 36.4. The number of aliphatic hydroxyl groups excluding tert-OH is 1. The molecule has 0 bridgehead atoms. The Kier molecular flexibility index (Phi) is 11.5. The summed E-state index contributed by atoms with van der Waals surface area (Å²) in [6.07, 6.45) is 4.40. The minimum absolute atomic E-state index is 0.0317. The summed E-state index contributed by atoms with van der Waals surface area (Å²) in [5, 5.41) is 17.6. The topological polar surface area (TPSA) is 122 Å². The molecule has 5 heterocycles. The van der Waals surface area contributed by atoms with Crippen molar-refractivity contribution in [3.63, 3.8) is 0 Å². The van der Waals surface area contributed by atoms with Crippen molar-refractivity contribution in [2.75, 3.05) is 70.8 Å². The summed E-state index contributed by atoms with van der Waals surface area (Å²) in [6.45, 7) is 15.9. The molecule has 3 fully saturated rings. The van der Waals surface area contributed by atoms with Crippen molar-refractivity contribution >= 4 is 22.8 Å². The maximum Gasteiger partial charge on any atom is 0.321 e. The molecule has 11 nitrogen and oxygen atoms in total. The number of urea groups is 1. The summed E-state index contributed by atoms with van der Waals surface area (Å²) >= 11 is 0. The summed E-state index contributed by atoms with van der Waals surface area (Å²) in [5.74, 6) is -0.0220. The number of aliphatic hydroxyl groups is 1. The number of hydrogen-bond donors (Lipinski definition) is 4. The van der Waals surface area contributed by atoms with Gasteiger partial charge in [-0.3, -0.25) is 9.80 Å². The third kappa shape index (κ3) is 8.64. The number of aromatic nitrogens is 3. The van der Waals surface area contributed by atoms with Crippen LogP contribution < -0.4 is 10.6 Å². The number of H-pyrrole nitrogens is 1. The molecule has 2 aromatic carbocycles. The zero-order chi connectivity index (χ0) is 36.2. The van der Waals surface area contributed by atoms with Crippen LogP contribution in [0.4, 0.5) is 14.9 Å². The van der Waals surface area contributed by atoms with Crippen LogP contribution >= 0.6 is 0 Å². The molecule has 2 aromatic heterocycles. The van der Waals surface area contributed by atoms with Crippen molar-refractivity contribution in [1.82, 2.24) is 35.0 Å². The number of piperazine rings is 1. The molecule has 3 saturated heterocycles. The average Bonchev–Trinajstić information content (AvgIpc) is 3.74. The van der Waals surface area contributed by atoms with E-state index in [9.17, 15) is 9.90 Å². The number of likely N-dealkylation sites (tertiary alicyclic amines) is 1. The molecular formula is C40H53FN8O3. The molecule has 0 radical (unpaired) electrons. The second kappa shape index (κ2) is 16.4. The number of amides is 2. The van der Waals surface area contributed by atoms with Gasteiger partial charge in [-0.1, -0.05) is 38.1 Å². The number of halogens is 1. The van der Waals surface area contributed by atoms with E-state index < -0.39 is 11.9 Å². The molecule has 4 aromatic rings. The number of carbonyl (C=O) groups is 1. The number of rotatable bonds is 11. The molecule has 0 spiro atoms. The number of benzene rings is 2. The van der Waals surface area contributed by atoms with Crippen LogP contribution in [0.1, 0.15) is 44.2 Å². The lowest BCUT2D eigenvalue weighted by Gasteiger charge is -2.35. The van der Waals surface area contributed by atoms with Gasteiger partial charge in [-0.05, 0) is 80.1 Å². The summed E-state index contributed by atoms with van der Waals surface area (Å²) in [5.41, 5.74) is 6.09. The molecule has 12 heteroatoms. The zero-order valence-electron chi connectivity index (χ0n) is 30.7. The van der Waals surface area contributed by atoms with E-state index in [2.05, 4.69) is 73.5 Å². The number of fused-ring (bicyclic) bond motifs is 1. The van der Waals surface area contributed by atoms with Gasteiger partial charge in [0.1, 0.15) is 17.8 Å². The maximum atomic E-state index is 15.1. The van der Waals surface area contributed by atoms with E-state index in [1.54, 1.807) is 4.90 Å². The van der Waals surface area contributed by atoms with Crippen LogP contribution in [-0.4, -0.2) is 119 Å². The Morgan fingerprint density at radius 2 is 1.79 bits per heavy atom. The fraction of sp³-hybridized carbons (Fsp3) is 0.525. The molecule has 4 N–H and O–H groups in total. The normalized spacial score (nSPS) is 20.7. The molecular weight excluding hydrogens is 659 g/mol. The summed E-state index contributed by atoms with van der Waals surface area (Å²) in [4.78, 5) is 32.4. The highest BCUT2D eigenvalue weighted by Gasteiger charge is 2.34. The molecule has 7 rings (SSSR count). The molecule has 3 aliphatic heterocycles. The lowest BCUT2D eigenvalue weighted by atomic mass is 9.95. The third-order valence-electron chi connectivity index (χ3n) is 10.9. The SMILES string of the molecule is Cc1c(NC(=O)N2CC(O)C(CC(C)C)C2)cc(F)cc1-c1ncnc2[nH]c(-c3ccc(CN4CCN(CCOC5CCNCC5)CC4)cc3)cc12. The van der Waals surface area contributed by atoms with E-state index in [0.29, 0.717) is 46.7 Å². The van der Waals surface area contributed by atoms with Gasteiger partial charge in [0.15, 0.2) is 0 Å². The predicted octanol–water partition coefficient (Wildman–Crippen LogP) is 5.50. The van der Waals surface area contributed by atoms with Crippen molar-refractivity contribution in [3.8, 4) is 22.5 Å². The highest BCUT2D eigenvalue weighted by Crippen LogP contribution is 2.35. The smallest absolute Gasteiger partial charge is 0.321 e. The minimum atomic E-state index is -0.563. The molecule has 3 aliphatic rings. The summed E-state index contributed by atoms with van der Waals surface area (Å²) in [6, 6.07) is 13.1. The van der Waals surface area contributed by atoms with Crippen LogP contribution in [0.25, 0.3) is 33.5 Å². The first-order valence-electron chi connectivity index (χ1n) is 18.9. The number of nitrogens with one attached hydrogen (secondary N) is 3. The van der Waals surface area contributed by atoms with Crippen molar-refractivity contribution in [3.05, 3.63) is 65.7 Å². The van der Waals surface area contributed by atoms with Crippen molar-refractivity contribution < 1.29 is 19.0 Å². The number of aromatic amines is 1. The summed E-state index contributed by atoms with van der Waals surface area (Å²) < 4.78 is 21.2. The number of carbonyl (C=O) groups excluding carboxylic acids is 1. The van der Waals surface area contributed by atoms with E-state index in [4.69, 9.17) is 4.74 Å². The Morgan fingerprint density at radius 1 is 1.04 bits per heavy atom. The van der Waals surface area contributed by atoms with E-state index >= 15 is 4.39 Å². The fourth-order valence-electron chi connectivity index (χ4n) is 7.95. The first-order valence-corrected chi connectivity index (χ1v) is 18.9. The molecule has 2 atom stereocenters. The largest absolute Gasteiger partial charge is 0.391 e. The molecule has 278 valence electrons. The molecule has 2 amide bonds. The molecule has 2 unspecified atom stereocenters. The maximum absolute atomic E-state index is 15.1. The monoisotopic (exact) mass is 712 g/mol. The van der Waals surface area contributed by atoms with Gasteiger partial charge in [-0.15, -0.1) is 0 Å².